The zero-order valence-corrected chi connectivity index (χ0v) is 13.2. The standard InChI is InChI=1S/C13H16N4O4S/c1-8(2)21-11-5-4-10(17(19)20)6-9(11)7-22-13-15-14-12(18)16(13)3/h4-6,8H,7H2,1-3H3,(H,14,18). The van der Waals surface area contributed by atoms with E-state index >= 15 is 0 Å². The number of nitrogens with zero attached hydrogens (tertiary/aromatic N) is 3. The first-order valence-corrected chi connectivity index (χ1v) is 7.55. The quantitative estimate of drug-likeness (QED) is 0.496. The van der Waals surface area contributed by atoms with Gasteiger partial charge < -0.3 is 4.74 Å². The number of hydrogen-bond donors (Lipinski definition) is 1. The number of H-pyrrole nitrogens is 1. The van der Waals surface area contributed by atoms with Crippen molar-refractivity contribution in [2.24, 2.45) is 7.05 Å². The van der Waals surface area contributed by atoms with Gasteiger partial charge in [0.15, 0.2) is 5.16 Å². The van der Waals surface area contributed by atoms with Crippen LogP contribution in [0.25, 0.3) is 0 Å². The predicted octanol–water partition coefficient (Wildman–Crippen LogP) is 2.10. The molecule has 0 amide bonds. The minimum absolute atomic E-state index is 0.00243. The molecule has 0 saturated carbocycles. The molecule has 1 aromatic heterocycles. The lowest BCUT2D eigenvalue weighted by Crippen LogP contribution is -2.13. The van der Waals surface area contributed by atoms with Crippen LogP contribution < -0.4 is 10.4 Å². The fourth-order valence-electron chi connectivity index (χ4n) is 1.77. The van der Waals surface area contributed by atoms with Crippen molar-refractivity contribution in [1.82, 2.24) is 14.8 Å². The first kappa shape index (κ1) is 16.1. The maximum Gasteiger partial charge on any atom is 0.343 e. The monoisotopic (exact) mass is 324 g/mol. The number of thioether (sulfide) groups is 1. The van der Waals surface area contributed by atoms with Crippen molar-refractivity contribution < 1.29 is 9.66 Å². The molecule has 0 bridgehead atoms. The molecule has 0 fully saturated rings. The highest BCUT2D eigenvalue weighted by Gasteiger charge is 2.14. The van der Waals surface area contributed by atoms with Gasteiger partial charge in [-0.2, -0.15) is 0 Å². The van der Waals surface area contributed by atoms with E-state index in [0.717, 1.165) is 0 Å². The molecule has 1 N–H and O–H groups in total. The van der Waals surface area contributed by atoms with Crippen LogP contribution in [0.1, 0.15) is 19.4 Å². The van der Waals surface area contributed by atoms with Crippen molar-refractivity contribution >= 4 is 17.4 Å². The molecule has 9 heteroatoms. The first-order valence-electron chi connectivity index (χ1n) is 6.56. The maximum absolute atomic E-state index is 11.3. The van der Waals surface area contributed by atoms with Crippen LogP contribution in [0.5, 0.6) is 5.75 Å². The van der Waals surface area contributed by atoms with Gasteiger partial charge in [-0.25, -0.2) is 9.89 Å². The number of nitrogens with one attached hydrogen (secondary N) is 1. The molecular formula is C13H16N4O4S. The van der Waals surface area contributed by atoms with Crippen LogP contribution in [-0.4, -0.2) is 25.8 Å². The minimum atomic E-state index is -0.447. The molecule has 22 heavy (non-hydrogen) atoms. The Bertz CT molecular complexity index is 738. The van der Waals surface area contributed by atoms with Crippen molar-refractivity contribution in [2.45, 2.75) is 30.9 Å². The van der Waals surface area contributed by atoms with E-state index in [1.54, 1.807) is 13.1 Å². The summed E-state index contributed by atoms with van der Waals surface area (Å²) in [6, 6.07) is 4.49. The number of nitro benzene ring substituents is 1. The van der Waals surface area contributed by atoms with Crippen LogP contribution in [0.4, 0.5) is 5.69 Å². The van der Waals surface area contributed by atoms with E-state index in [-0.39, 0.29) is 17.5 Å². The molecule has 0 aliphatic heterocycles. The Balaban J connectivity index is 2.26. The molecule has 0 spiro atoms. The van der Waals surface area contributed by atoms with Gasteiger partial charge in [0.05, 0.1) is 11.0 Å². The van der Waals surface area contributed by atoms with Crippen LogP contribution in [0.2, 0.25) is 0 Å². The van der Waals surface area contributed by atoms with Gasteiger partial charge in [-0.1, -0.05) is 11.8 Å². The van der Waals surface area contributed by atoms with E-state index in [1.807, 2.05) is 13.8 Å². The molecule has 0 radical (unpaired) electrons. The molecule has 118 valence electrons. The lowest BCUT2D eigenvalue weighted by atomic mass is 10.2. The number of rotatable bonds is 6. The summed E-state index contributed by atoms with van der Waals surface area (Å²) in [5, 5.41) is 17.7. The SMILES string of the molecule is CC(C)Oc1ccc([N+](=O)[O-])cc1CSc1n[nH]c(=O)n1C. The van der Waals surface area contributed by atoms with Crippen molar-refractivity contribution in [3.63, 3.8) is 0 Å². The molecule has 0 atom stereocenters. The lowest BCUT2D eigenvalue weighted by molar-refractivity contribution is -0.384. The number of non-ortho nitro benzene ring substituents is 1. The Kier molecular flexibility index (Phi) is 4.86. The van der Waals surface area contributed by atoms with Gasteiger partial charge in [-0.05, 0) is 19.9 Å². The number of aromatic nitrogens is 3. The highest BCUT2D eigenvalue weighted by molar-refractivity contribution is 7.98. The summed E-state index contributed by atoms with van der Waals surface area (Å²) in [6.45, 7) is 3.77. The minimum Gasteiger partial charge on any atom is -0.491 e. The summed E-state index contributed by atoms with van der Waals surface area (Å²) in [5.41, 5.74) is 0.381. The number of ether oxygens (including phenoxy) is 1. The van der Waals surface area contributed by atoms with Crippen molar-refractivity contribution in [2.75, 3.05) is 0 Å². The van der Waals surface area contributed by atoms with E-state index in [0.29, 0.717) is 22.2 Å². The maximum atomic E-state index is 11.3. The second kappa shape index (κ2) is 6.65. The van der Waals surface area contributed by atoms with E-state index in [4.69, 9.17) is 4.74 Å². The Morgan fingerprint density at radius 2 is 2.23 bits per heavy atom. The van der Waals surface area contributed by atoms with Crippen molar-refractivity contribution in [3.8, 4) is 5.75 Å². The summed E-state index contributed by atoms with van der Waals surface area (Å²) in [6.07, 6.45) is -0.0417. The number of nitro groups is 1. The van der Waals surface area contributed by atoms with Crippen molar-refractivity contribution in [1.29, 1.82) is 0 Å². The van der Waals surface area contributed by atoms with E-state index in [9.17, 15) is 14.9 Å². The molecule has 2 aromatic rings. The third-order valence-corrected chi connectivity index (χ3v) is 3.89. The fraction of sp³-hybridized carbons (Fsp3) is 0.385. The summed E-state index contributed by atoms with van der Waals surface area (Å²) >= 11 is 1.30. The topological polar surface area (TPSA) is 103 Å². The van der Waals surface area contributed by atoms with Crippen LogP contribution in [0.3, 0.4) is 0 Å². The zero-order chi connectivity index (χ0) is 16.3. The lowest BCUT2D eigenvalue weighted by Gasteiger charge is -2.13. The zero-order valence-electron chi connectivity index (χ0n) is 12.4. The molecular weight excluding hydrogens is 308 g/mol. The first-order chi connectivity index (χ1) is 10.4. The van der Waals surface area contributed by atoms with Gasteiger partial charge in [0.25, 0.3) is 5.69 Å². The van der Waals surface area contributed by atoms with Gasteiger partial charge in [0.1, 0.15) is 5.75 Å². The van der Waals surface area contributed by atoms with Gasteiger partial charge in [-0.3, -0.25) is 14.7 Å². The summed E-state index contributed by atoms with van der Waals surface area (Å²) in [7, 11) is 1.60. The third-order valence-electron chi connectivity index (χ3n) is 2.81. The molecule has 8 nitrogen and oxygen atoms in total. The summed E-state index contributed by atoms with van der Waals surface area (Å²) in [5.74, 6) is 0.996. The Labute approximate surface area is 130 Å². The van der Waals surface area contributed by atoms with Crippen LogP contribution in [0, 0.1) is 10.1 Å². The molecule has 1 heterocycles. The normalized spacial score (nSPS) is 10.9. The molecule has 0 saturated heterocycles. The Morgan fingerprint density at radius 1 is 1.50 bits per heavy atom. The molecule has 0 unspecified atom stereocenters. The molecule has 0 aliphatic carbocycles. The van der Waals surface area contributed by atoms with Crippen LogP contribution in [-0.2, 0) is 12.8 Å². The summed E-state index contributed by atoms with van der Waals surface area (Å²) < 4.78 is 7.05. The third kappa shape index (κ3) is 3.67. The smallest absolute Gasteiger partial charge is 0.343 e. The Hall–Kier alpha value is -2.29. The van der Waals surface area contributed by atoms with Crippen LogP contribution in [0.15, 0.2) is 28.2 Å². The fourth-order valence-corrected chi connectivity index (χ4v) is 2.66. The highest BCUT2D eigenvalue weighted by atomic mass is 32.2. The molecule has 0 aliphatic rings. The van der Waals surface area contributed by atoms with E-state index in [1.165, 1.54) is 28.5 Å². The molecule has 2 rings (SSSR count). The largest absolute Gasteiger partial charge is 0.491 e. The predicted molar refractivity (Wildman–Crippen MR) is 82.3 cm³/mol. The molecule has 1 aromatic carbocycles. The second-order valence-corrected chi connectivity index (χ2v) is 5.82. The Morgan fingerprint density at radius 3 is 2.77 bits per heavy atom. The van der Waals surface area contributed by atoms with Gasteiger partial charge >= 0.3 is 5.69 Å². The number of benzene rings is 1. The van der Waals surface area contributed by atoms with Crippen LogP contribution >= 0.6 is 11.8 Å². The number of hydrogen-bond acceptors (Lipinski definition) is 6. The summed E-state index contributed by atoms with van der Waals surface area (Å²) in [4.78, 5) is 21.8. The van der Waals surface area contributed by atoms with E-state index < -0.39 is 4.92 Å². The van der Waals surface area contributed by atoms with Gasteiger partial charge in [0.2, 0.25) is 0 Å². The number of aromatic amines is 1. The average molecular weight is 324 g/mol. The highest BCUT2D eigenvalue weighted by Crippen LogP contribution is 2.30. The van der Waals surface area contributed by atoms with E-state index in [2.05, 4.69) is 10.2 Å². The van der Waals surface area contributed by atoms with Crippen molar-refractivity contribution in [3.05, 3.63) is 44.4 Å². The van der Waals surface area contributed by atoms with Gasteiger partial charge in [-0.15, -0.1) is 5.10 Å². The van der Waals surface area contributed by atoms with Gasteiger partial charge in [0, 0.05) is 30.5 Å². The second-order valence-electron chi connectivity index (χ2n) is 4.87. The average Bonchev–Trinajstić information content (AvgIpc) is 2.77.